The highest BCUT2D eigenvalue weighted by Gasteiger charge is 2.39. The van der Waals surface area contributed by atoms with Gasteiger partial charge in [0.05, 0.1) is 5.25 Å². The largest absolute Gasteiger partial charge is 0.310 e. The van der Waals surface area contributed by atoms with E-state index >= 15 is 0 Å². The number of benzene rings is 1. The van der Waals surface area contributed by atoms with Gasteiger partial charge in [0.1, 0.15) is 6.04 Å². The number of hydrogen-bond donors (Lipinski definition) is 0. The molecule has 0 bridgehead atoms. The molecular formula is C14H19ClN2O3S. The maximum atomic E-state index is 12.5. The molecule has 1 aliphatic heterocycles. The first-order chi connectivity index (χ1) is 9.75. The van der Waals surface area contributed by atoms with E-state index in [1.807, 2.05) is 0 Å². The van der Waals surface area contributed by atoms with Crippen molar-refractivity contribution >= 4 is 33.2 Å². The van der Waals surface area contributed by atoms with Crippen LogP contribution in [0.1, 0.15) is 20.8 Å². The lowest BCUT2D eigenvalue weighted by Crippen LogP contribution is -2.58. The van der Waals surface area contributed by atoms with Crippen molar-refractivity contribution in [2.24, 2.45) is 0 Å². The van der Waals surface area contributed by atoms with Crippen LogP contribution >= 0.6 is 11.6 Å². The second-order valence-corrected chi connectivity index (χ2v) is 8.22. The maximum absolute atomic E-state index is 12.5. The molecule has 1 aliphatic rings. The summed E-state index contributed by atoms with van der Waals surface area (Å²) >= 11 is 5.84. The lowest BCUT2D eigenvalue weighted by atomic mass is 10.2. The van der Waals surface area contributed by atoms with Gasteiger partial charge in [0.2, 0.25) is 15.9 Å². The average Bonchev–Trinajstić information content (AvgIpc) is 2.42. The molecular weight excluding hydrogens is 312 g/mol. The van der Waals surface area contributed by atoms with Crippen LogP contribution in [-0.2, 0) is 14.8 Å². The van der Waals surface area contributed by atoms with Crippen molar-refractivity contribution in [1.29, 1.82) is 0 Å². The van der Waals surface area contributed by atoms with Crippen molar-refractivity contribution in [3.8, 4) is 0 Å². The molecule has 0 spiro atoms. The standard InChI is InChI=1S/C14H19ClN2O3S/c1-10(2)21(19,20)17-9-8-16(14(18)11(17)3)13-6-4-12(15)5-7-13/h4-7,10-11H,8-9H2,1-3H3. The Morgan fingerprint density at radius 3 is 2.29 bits per heavy atom. The number of hydrogen-bond acceptors (Lipinski definition) is 3. The first kappa shape index (κ1) is 16.3. The Bertz CT molecular complexity index is 628. The fourth-order valence-electron chi connectivity index (χ4n) is 2.35. The Labute approximate surface area is 130 Å². The molecule has 21 heavy (non-hydrogen) atoms. The Balaban J connectivity index is 2.24. The fraction of sp³-hybridized carbons (Fsp3) is 0.500. The molecule has 0 aromatic heterocycles. The highest BCUT2D eigenvalue weighted by Crippen LogP contribution is 2.24. The average molecular weight is 331 g/mol. The number of carbonyl (C=O) groups excluding carboxylic acids is 1. The molecule has 1 fully saturated rings. The van der Waals surface area contributed by atoms with E-state index in [-0.39, 0.29) is 5.91 Å². The van der Waals surface area contributed by atoms with Gasteiger partial charge < -0.3 is 4.90 Å². The molecule has 0 aliphatic carbocycles. The third-order valence-corrected chi connectivity index (χ3v) is 6.26. The number of nitrogens with zero attached hydrogens (tertiary/aromatic N) is 2. The minimum atomic E-state index is -3.43. The van der Waals surface area contributed by atoms with Gasteiger partial charge in [-0.3, -0.25) is 4.79 Å². The van der Waals surface area contributed by atoms with Crippen LogP contribution in [0.2, 0.25) is 5.02 Å². The van der Waals surface area contributed by atoms with Gasteiger partial charge in [-0.15, -0.1) is 0 Å². The fourth-order valence-corrected chi connectivity index (χ4v) is 3.88. The lowest BCUT2D eigenvalue weighted by Gasteiger charge is -2.39. The summed E-state index contributed by atoms with van der Waals surface area (Å²) in [6.07, 6.45) is 0. The zero-order valence-electron chi connectivity index (χ0n) is 12.3. The first-order valence-corrected chi connectivity index (χ1v) is 8.71. The molecule has 7 heteroatoms. The normalized spacial score (nSPS) is 21.1. The van der Waals surface area contributed by atoms with Crippen molar-refractivity contribution in [3.05, 3.63) is 29.3 Å². The number of rotatable bonds is 3. The highest BCUT2D eigenvalue weighted by atomic mass is 35.5. The number of carbonyl (C=O) groups is 1. The van der Waals surface area contributed by atoms with Crippen LogP contribution in [0.4, 0.5) is 5.69 Å². The molecule has 1 saturated heterocycles. The van der Waals surface area contributed by atoms with E-state index in [1.165, 1.54) is 4.31 Å². The molecule has 0 saturated carbocycles. The van der Waals surface area contributed by atoms with Gasteiger partial charge >= 0.3 is 0 Å². The molecule has 1 atom stereocenters. The van der Waals surface area contributed by atoms with E-state index in [4.69, 9.17) is 11.6 Å². The van der Waals surface area contributed by atoms with E-state index in [1.54, 1.807) is 49.9 Å². The third kappa shape index (κ3) is 3.07. The van der Waals surface area contributed by atoms with E-state index in [0.29, 0.717) is 18.1 Å². The topological polar surface area (TPSA) is 57.7 Å². The Morgan fingerprint density at radius 1 is 1.19 bits per heavy atom. The number of sulfonamides is 1. The van der Waals surface area contributed by atoms with Crippen molar-refractivity contribution in [2.45, 2.75) is 32.1 Å². The van der Waals surface area contributed by atoms with Gasteiger partial charge in [-0.1, -0.05) is 11.6 Å². The lowest BCUT2D eigenvalue weighted by molar-refractivity contribution is -0.123. The zero-order chi connectivity index (χ0) is 15.8. The number of anilines is 1. The minimum absolute atomic E-state index is 0.215. The number of piperazine rings is 1. The van der Waals surface area contributed by atoms with Crippen LogP contribution in [-0.4, -0.2) is 43.0 Å². The van der Waals surface area contributed by atoms with Crippen molar-refractivity contribution < 1.29 is 13.2 Å². The molecule has 0 N–H and O–H groups in total. The van der Waals surface area contributed by atoms with E-state index in [9.17, 15) is 13.2 Å². The van der Waals surface area contributed by atoms with Crippen LogP contribution in [0, 0.1) is 0 Å². The minimum Gasteiger partial charge on any atom is -0.310 e. The van der Waals surface area contributed by atoms with Gasteiger partial charge in [0, 0.05) is 23.8 Å². The quantitative estimate of drug-likeness (QED) is 0.853. The smallest absolute Gasteiger partial charge is 0.245 e. The summed E-state index contributed by atoms with van der Waals surface area (Å²) in [6.45, 7) is 5.52. The summed E-state index contributed by atoms with van der Waals surface area (Å²) in [5, 5.41) is 0.0649. The monoisotopic (exact) mass is 330 g/mol. The zero-order valence-corrected chi connectivity index (χ0v) is 13.9. The van der Waals surface area contributed by atoms with Crippen LogP contribution in [0.15, 0.2) is 24.3 Å². The SMILES string of the molecule is CC1C(=O)N(c2ccc(Cl)cc2)CCN1S(=O)(=O)C(C)C. The summed E-state index contributed by atoms with van der Waals surface area (Å²) in [7, 11) is -3.43. The van der Waals surface area contributed by atoms with Gasteiger partial charge in [0.15, 0.2) is 0 Å². The highest BCUT2D eigenvalue weighted by molar-refractivity contribution is 7.89. The first-order valence-electron chi connectivity index (χ1n) is 6.82. The molecule has 2 rings (SSSR count). The predicted octanol–water partition coefficient (Wildman–Crippen LogP) is 2.12. The third-order valence-electron chi connectivity index (χ3n) is 3.66. The molecule has 1 amide bonds. The summed E-state index contributed by atoms with van der Waals surface area (Å²) in [5.41, 5.74) is 0.734. The van der Waals surface area contributed by atoms with Gasteiger partial charge in [-0.05, 0) is 45.0 Å². The van der Waals surface area contributed by atoms with Crippen molar-refractivity contribution in [2.75, 3.05) is 18.0 Å². The van der Waals surface area contributed by atoms with Crippen LogP contribution in [0.3, 0.4) is 0 Å². The number of amides is 1. The summed E-state index contributed by atoms with van der Waals surface area (Å²) in [5.74, 6) is -0.215. The van der Waals surface area contributed by atoms with E-state index in [2.05, 4.69) is 0 Å². The van der Waals surface area contributed by atoms with Crippen LogP contribution in [0.5, 0.6) is 0 Å². The molecule has 1 unspecified atom stereocenters. The summed E-state index contributed by atoms with van der Waals surface area (Å²) in [6, 6.07) is 6.26. The summed E-state index contributed by atoms with van der Waals surface area (Å²) < 4.78 is 25.8. The second kappa shape index (κ2) is 5.94. The van der Waals surface area contributed by atoms with E-state index < -0.39 is 21.3 Å². The number of halogens is 1. The molecule has 5 nitrogen and oxygen atoms in total. The second-order valence-electron chi connectivity index (χ2n) is 5.35. The van der Waals surface area contributed by atoms with E-state index in [0.717, 1.165) is 5.69 Å². The van der Waals surface area contributed by atoms with Crippen molar-refractivity contribution in [3.63, 3.8) is 0 Å². The van der Waals surface area contributed by atoms with Gasteiger partial charge in [-0.25, -0.2) is 8.42 Å². The Kier molecular flexibility index (Phi) is 4.60. The Hall–Kier alpha value is -1.11. The molecule has 1 aromatic rings. The van der Waals surface area contributed by atoms with Crippen LogP contribution in [0.25, 0.3) is 0 Å². The van der Waals surface area contributed by atoms with Gasteiger partial charge in [-0.2, -0.15) is 4.31 Å². The Morgan fingerprint density at radius 2 is 1.76 bits per heavy atom. The van der Waals surface area contributed by atoms with Crippen LogP contribution < -0.4 is 4.90 Å². The molecule has 1 heterocycles. The predicted molar refractivity (Wildman–Crippen MR) is 84.0 cm³/mol. The summed E-state index contributed by atoms with van der Waals surface area (Å²) in [4.78, 5) is 14.1. The molecule has 0 radical (unpaired) electrons. The molecule has 116 valence electrons. The maximum Gasteiger partial charge on any atom is 0.245 e. The molecule has 1 aromatic carbocycles. The van der Waals surface area contributed by atoms with Crippen molar-refractivity contribution in [1.82, 2.24) is 4.31 Å². The van der Waals surface area contributed by atoms with Gasteiger partial charge in [0.25, 0.3) is 0 Å².